The first-order valence-corrected chi connectivity index (χ1v) is 7.93. The van der Waals surface area contributed by atoms with Crippen molar-refractivity contribution in [2.45, 2.75) is 6.42 Å². The Hall–Kier alpha value is -1.10. The molecule has 0 aromatic heterocycles. The summed E-state index contributed by atoms with van der Waals surface area (Å²) >= 11 is 6.05. The van der Waals surface area contributed by atoms with Crippen molar-refractivity contribution in [2.75, 3.05) is 50.8 Å². The van der Waals surface area contributed by atoms with E-state index in [-0.39, 0.29) is 5.92 Å². The van der Waals surface area contributed by atoms with Crippen molar-refractivity contribution in [1.29, 1.82) is 0 Å². The van der Waals surface area contributed by atoms with Crippen LogP contribution in [0.2, 0.25) is 5.02 Å². The Morgan fingerprint density at radius 2 is 2.05 bits per heavy atom. The monoisotopic (exact) mass is 308 g/mol. The number of hydrogen-bond acceptors (Lipinski definition) is 4. The second-order valence-corrected chi connectivity index (χ2v) is 6.19. The third kappa shape index (κ3) is 3.76. The van der Waals surface area contributed by atoms with Crippen molar-refractivity contribution in [3.8, 4) is 0 Å². The molecule has 1 atom stereocenters. The summed E-state index contributed by atoms with van der Waals surface area (Å²) in [5, 5.41) is 0.778. The molecular weight excluding hydrogens is 288 g/mol. The standard InChI is InChI=1S/C16H21ClN2O2/c17-14-2-1-3-15(10-14)19-7-5-18(6-8-19)11-13-12-21-9-4-16(13)20/h1-3,10,13H,4-9,11-12H2. The van der Waals surface area contributed by atoms with Gasteiger partial charge in [-0.3, -0.25) is 9.69 Å². The summed E-state index contributed by atoms with van der Waals surface area (Å²) in [6, 6.07) is 7.99. The van der Waals surface area contributed by atoms with E-state index in [9.17, 15) is 4.79 Å². The van der Waals surface area contributed by atoms with Crippen LogP contribution in [0.25, 0.3) is 0 Å². The Morgan fingerprint density at radius 3 is 2.76 bits per heavy atom. The van der Waals surface area contributed by atoms with Gasteiger partial charge in [0.1, 0.15) is 5.78 Å². The fourth-order valence-electron chi connectivity index (χ4n) is 3.02. The van der Waals surface area contributed by atoms with Crippen molar-refractivity contribution in [1.82, 2.24) is 4.90 Å². The van der Waals surface area contributed by atoms with Gasteiger partial charge in [-0.1, -0.05) is 17.7 Å². The Morgan fingerprint density at radius 1 is 1.24 bits per heavy atom. The van der Waals surface area contributed by atoms with E-state index in [1.807, 2.05) is 18.2 Å². The lowest BCUT2D eigenvalue weighted by molar-refractivity contribution is -0.131. The highest BCUT2D eigenvalue weighted by atomic mass is 35.5. The summed E-state index contributed by atoms with van der Waals surface area (Å²) in [7, 11) is 0. The summed E-state index contributed by atoms with van der Waals surface area (Å²) in [5.41, 5.74) is 1.18. The van der Waals surface area contributed by atoms with Crippen LogP contribution in [0.4, 0.5) is 5.69 Å². The zero-order chi connectivity index (χ0) is 14.7. The van der Waals surface area contributed by atoms with Gasteiger partial charge in [-0.25, -0.2) is 0 Å². The number of hydrogen-bond donors (Lipinski definition) is 0. The van der Waals surface area contributed by atoms with E-state index in [0.29, 0.717) is 25.4 Å². The van der Waals surface area contributed by atoms with Gasteiger partial charge in [0.05, 0.1) is 19.1 Å². The molecule has 1 aromatic rings. The van der Waals surface area contributed by atoms with Crippen molar-refractivity contribution in [3.63, 3.8) is 0 Å². The van der Waals surface area contributed by atoms with Crippen LogP contribution in [0.15, 0.2) is 24.3 Å². The van der Waals surface area contributed by atoms with Gasteiger partial charge in [-0.2, -0.15) is 0 Å². The zero-order valence-corrected chi connectivity index (χ0v) is 12.9. The van der Waals surface area contributed by atoms with Crippen molar-refractivity contribution >= 4 is 23.1 Å². The van der Waals surface area contributed by atoms with Gasteiger partial charge in [0.15, 0.2) is 0 Å². The van der Waals surface area contributed by atoms with Crippen LogP contribution < -0.4 is 4.90 Å². The molecule has 2 aliphatic heterocycles. The van der Waals surface area contributed by atoms with E-state index >= 15 is 0 Å². The molecule has 3 rings (SSSR count). The third-order valence-corrected chi connectivity index (χ3v) is 4.53. The molecule has 5 heteroatoms. The number of Topliss-reactive ketones (excluding diaryl/α,β-unsaturated/α-hetero) is 1. The number of carbonyl (C=O) groups is 1. The number of nitrogens with zero attached hydrogens (tertiary/aromatic N) is 2. The second-order valence-electron chi connectivity index (χ2n) is 5.76. The highest BCUT2D eigenvalue weighted by Gasteiger charge is 2.27. The molecular formula is C16H21ClN2O2. The highest BCUT2D eigenvalue weighted by Crippen LogP contribution is 2.21. The van der Waals surface area contributed by atoms with Crippen LogP contribution in [-0.2, 0) is 9.53 Å². The fourth-order valence-corrected chi connectivity index (χ4v) is 3.21. The maximum absolute atomic E-state index is 11.9. The summed E-state index contributed by atoms with van der Waals surface area (Å²) in [6.45, 7) is 5.93. The van der Waals surface area contributed by atoms with E-state index < -0.39 is 0 Å². The summed E-state index contributed by atoms with van der Waals surface area (Å²) in [5.74, 6) is 0.426. The average Bonchev–Trinajstić information content (AvgIpc) is 2.50. The summed E-state index contributed by atoms with van der Waals surface area (Å²) in [6.07, 6.45) is 0.577. The number of anilines is 1. The average molecular weight is 309 g/mol. The molecule has 4 nitrogen and oxygen atoms in total. The van der Waals surface area contributed by atoms with Gasteiger partial charge in [0.25, 0.3) is 0 Å². The first kappa shape index (κ1) is 14.8. The first-order valence-electron chi connectivity index (χ1n) is 7.56. The lowest BCUT2D eigenvalue weighted by Gasteiger charge is -2.37. The maximum atomic E-state index is 11.9. The summed E-state index contributed by atoms with van der Waals surface area (Å²) < 4.78 is 5.43. The fraction of sp³-hybridized carbons (Fsp3) is 0.562. The molecule has 0 radical (unpaired) electrons. The van der Waals surface area contributed by atoms with Crippen molar-refractivity contribution in [2.24, 2.45) is 5.92 Å². The number of carbonyl (C=O) groups excluding carboxylic acids is 1. The van der Waals surface area contributed by atoms with Crippen molar-refractivity contribution < 1.29 is 9.53 Å². The van der Waals surface area contributed by atoms with Gasteiger partial charge in [0, 0.05) is 49.9 Å². The number of benzene rings is 1. The number of ether oxygens (including phenoxy) is 1. The molecule has 0 bridgehead atoms. The van der Waals surface area contributed by atoms with Gasteiger partial charge in [-0.05, 0) is 18.2 Å². The third-order valence-electron chi connectivity index (χ3n) is 4.29. The largest absolute Gasteiger partial charge is 0.380 e. The molecule has 0 saturated carbocycles. The molecule has 21 heavy (non-hydrogen) atoms. The van der Waals surface area contributed by atoms with Crippen LogP contribution in [0, 0.1) is 5.92 Å². The minimum atomic E-state index is 0.0662. The number of rotatable bonds is 3. The quantitative estimate of drug-likeness (QED) is 0.856. The molecule has 114 valence electrons. The predicted molar refractivity (Wildman–Crippen MR) is 84.0 cm³/mol. The van der Waals surface area contributed by atoms with Crippen LogP contribution >= 0.6 is 11.6 Å². The van der Waals surface area contributed by atoms with Gasteiger partial charge in [-0.15, -0.1) is 0 Å². The topological polar surface area (TPSA) is 32.8 Å². The Labute approximate surface area is 130 Å². The number of ketones is 1. The Kier molecular flexibility index (Phi) is 4.78. The van der Waals surface area contributed by atoms with E-state index in [1.165, 1.54) is 5.69 Å². The molecule has 2 aliphatic rings. The summed E-state index contributed by atoms with van der Waals surface area (Å²) in [4.78, 5) is 16.6. The molecule has 2 fully saturated rings. The molecule has 0 amide bonds. The maximum Gasteiger partial charge on any atom is 0.141 e. The molecule has 0 N–H and O–H groups in total. The molecule has 2 heterocycles. The molecule has 0 aliphatic carbocycles. The lowest BCUT2D eigenvalue weighted by Crippen LogP contribution is -2.49. The Balaban J connectivity index is 1.52. The Bertz CT molecular complexity index is 501. The predicted octanol–water partition coefficient (Wildman–Crippen LogP) is 2.07. The van der Waals surface area contributed by atoms with E-state index in [1.54, 1.807) is 0 Å². The highest BCUT2D eigenvalue weighted by molar-refractivity contribution is 6.30. The second kappa shape index (κ2) is 6.77. The van der Waals surface area contributed by atoms with Crippen molar-refractivity contribution in [3.05, 3.63) is 29.3 Å². The van der Waals surface area contributed by atoms with Crippen LogP contribution in [0.1, 0.15) is 6.42 Å². The van der Waals surface area contributed by atoms with E-state index in [0.717, 1.165) is 37.7 Å². The van der Waals surface area contributed by atoms with Crippen LogP contribution in [0.5, 0.6) is 0 Å². The number of piperazine rings is 1. The molecule has 0 spiro atoms. The number of halogens is 1. The van der Waals surface area contributed by atoms with Gasteiger partial charge in [0.2, 0.25) is 0 Å². The normalized spacial score (nSPS) is 24.3. The van der Waals surface area contributed by atoms with Gasteiger partial charge < -0.3 is 9.64 Å². The SMILES string of the molecule is O=C1CCOCC1CN1CCN(c2cccc(Cl)c2)CC1. The van der Waals surface area contributed by atoms with E-state index in [4.69, 9.17) is 16.3 Å². The molecule has 1 unspecified atom stereocenters. The van der Waals surface area contributed by atoms with Crippen LogP contribution in [0.3, 0.4) is 0 Å². The minimum Gasteiger partial charge on any atom is -0.380 e. The molecule has 2 saturated heterocycles. The van der Waals surface area contributed by atoms with Crippen LogP contribution in [-0.4, -0.2) is 56.6 Å². The first-order chi connectivity index (χ1) is 10.2. The lowest BCUT2D eigenvalue weighted by atomic mass is 9.99. The minimum absolute atomic E-state index is 0.0662. The zero-order valence-electron chi connectivity index (χ0n) is 12.1. The molecule has 1 aromatic carbocycles. The smallest absolute Gasteiger partial charge is 0.141 e. The van der Waals surface area contributed by atoms with E-state index in [2.05, 4.69) is 15.9 Å². The van der Waals surface area contributed by atoms with Gasteiger partial charge >= 0.3 is 0 Å².